The summed E-state index contributed by atoms with van der Waals surface area (Å²) in [4.78, 5) is 25.4. The first-order valence-electron chi connectivity index (χ1n) is 6.16. The Morgan fingerprint density at radius 1 is 1.56 bits per heavy atom. The highest BCUT2D eigenvalue weighted by Crippen LogP contribution is 2.20. The Balaban J connectivity index is 1.83. The van der Waals surface area contributed by atoms with E-state index in [1.165, 1.54) is 15.3 Å². The predicted octanol–water partition coefficient (Wildman–Crippen LogP) is 1.51. The monoisotopic (exact) mass is 266 g/mol. The molecule has 1 atom stereocenters. The number of piperidine rings is 1. The number of aryl methyl sites for hydroxylation is 2. The van der Waals surface area contributed by atoms with Gasteiger partial charge in [-0.3, -0.25) is 9.59 Å². The third kappa shape index (κ3) is 3.10. The van der Waals surface area contributed by atoms with Gasteiger partial charge in [0.05, 0.1) is 12.5 Å². The zero-order valence-corrected chi connectivity index (χ0v) is 11.5. The van der Waals surface area contributed by atoms with Crippen molar-refractivity contribution in [2.24, 2.45) is 5.92 Å². The van der Waals surface area contributed by atoms with Crippen molar-refractivity contribution in [2.75, 3.05) is 6.54 Å². The molecule has 1 saturated heterocycles. The standard InChI is InChI=1S/C13H18N2O2S/c1-8-5-11(18-9(8)2)7-15-13(17)10-3-4-12(16)14-6-10/h5,10H,3-4,6-7H2,1-2H3,(H,14,16)(H,15,17). The molecule has 1 aliphatic heterocycles. The van der Waals surface area contributed by atoms with Crippen LogP contribution in [0.2, 0.25) is 0 Å². The maximum atomic E-state index is 11.9. The van der Waals surface area contributed by atoms with Crippen molar-refractivity contribution in [1.82, 2.24) is 10.6 Å². The minimum absolute atomic E-state index is 0.0405. The zero-order chi connectivity index (χ0) is 13.1. The Kier molecular flexibility index (Phi) is 4.01. The van der Waals surface area contributed by atoms with Crippen LogP contribution in [0.5, 0.6) is 0 Å². The molecule has 2 heterocycles. The van der Waals surface area contributed by atoms with E-state index in [9.17, 15) is 9.59 Å². The highest BCUT2D eigenvalue weighted by Gasteiger charge is 2.24. The molecule has 0 saturated carbocycles. The summed E-state index contributed by atoms with van der Waals surface area (Å²) in [7, 11) is 0. The van der Waals surface area contributed by atoms with Gasteiger partial charge < -0.3 is 10.6 Å². The van der Waals surface area contributed by atoms with Crippen LogP contribution in [0.25, 0.3) is 0 Å². The molecule has 0 spiro atoms. The van der Waals surface area contributed by atoms with Crippen LogP contribution in [0.1, 0.15) is 28.2 Å². The molecule has 1 fully saturated rings. The number of amides is 2. The molecule has 1 aromatic heterocycles. The van der Waals surface area contributed by atoms with E-state index in [-0.39, 0.29) is 17.7 Å². The Morgan fingerprint density at radius 3 is 2.89 bits per heavy atom. The quantitative estimate of drug-likeness (QED) is 0.871. The Morgan fingerprint density at radius 2 is 2.33 bits per heavy atom. The highest BCUT2D eigenvalue weighted by atomic mass is 32.1. The molecule has 2 N–H and O–H groups in total. The number of thiophene rings is 1. The first-order chi connectivity index (χ1) is 8.56. The Hall–Kier alpha value is -1.36. The van der Waals surface area contributed by atoms with Crippen LogP contribution in [-0.4, -0.2) is 18.4 Å². The molecule has 18 heavy (non-hydrogen) atoms. The van der Waals surface area contributed by atoms with Crippen molar-refractivity contribution in [3.05, 3.63) is 21.4 Å². The molecule has 2 rings (SSSR count). The van der Waals surface area contributed by atoms with Gasteiger partial charge in [0.15, 0.2) is 0 Å². The summed E-state index contributed by atoms with van der Waals surface area (Å²) in [5.74, 6) is 0.00659. The summed E-state index contributed by atoms with van der Waals surface area (Å²) in [6.07, 6.45) is 1.11. The van der Waals surface area contributed by atoms with Gasteiger partial charge in [0.25, 0.3) is 0 Å². The van der Waals surface area contributed by atoms with Gasteiger partial charge in [-0.25, -0.2) is 0 Å². The van der Waals surface area contributed by atoms with Gasteiger partial charge in [0.1, 0.15) is 0 Å². The van der Waals surface area contributed by atoms with Crippen molar-refractivity contribution < 1.29 is 9.59 Å². The number of rotatable bonds is 3. The van der Waals surface area contributed by atoms with Crippen LogP contribution >= 0.6 is 11.3 Å². The molecule has 0 aromatic carbocycles. The van der Waals surface area contributed by atoms with Gasteiger partial charge in [-0.05, 0) is 31.9 Å². The molecule has 1 aromatic rings. The molecular weight excluding hydrogens is 248 g/mol. The minimum Gasteiger partial charge on any atom is -0.355 e. The number of carbonyl (C=O) groups excluding carboxylic acids is 2. The van der Waals surface area contributed by atoms with E-state index in [1.807, 2.05) is 0 Å². The molecule has 1 aliphatic rings. The van der Waals surface area contributed by atoms with Crippen molar-refractivity contribution in [1.29, 1.82) is 0 Å². The lowest BCUT2D eigenvalue weighted by molar-refractivity contribution is -0.129. The lowest BCUT2D eigenvalue weighted by Crippen LogP contribution is -2.42. The Bertz CT molecular complexity index is 438. The van der Waals surface area contributed by atoms with E-state index in [1.54, 1.807) is 11.3 Å². The molecule has 0 bridgehead atoms. The van der Waals surface area contributed by atoms with Gasteiger partial charge >= 0.3 is 0 Å². The van der Waals surface area contributed by atoms with Crippen molar-refractivity contribution in [3.8, 4) is 0 Å². The highest BCUT2D eigenvalue weighted by molar-refractivity contribution is 7.12. The van der Waals surface area contributed by atoms with Crippen LogP contribution in [-0.2, 0) is 16.1 Å². The second-order valence-electron chi connectivity index (χ2n) is 4.71. The van der Waals surface area contributed by atoms with Gasteiger partial charge in [0, 0.05) is 22.7 Å². The summed E-state index contributed by atoms with van der Waals surface area (Å²) in [5, 5.41) is 5.67. The van der Waals surface area contributed by atoms with Gasteiger partial charge in [-0.2, -0.15) is 0 Å². The maximum absolute atomic E-state index is 11.9. The van der Waals surface area contributed by atoms with Crippen LogP contribution in [0.4, 0.5) is 0 Å². The fraction of sp³-hybridized carbons (Fsp3) is 0.538. The maximum Gasteiger partial charge on any atom is 0.225 e. The first-order valence-corrected chi connectivity index (χ1v) is 6.98. The third-order valence-electron chi connectivity index (χ3n) is 3.29. The molecule has 98 valence electrons. The fourth-order valence-electron chi connectivity index (χ4n) is 2.01. The average Bonchev–Trinajstić information content (AvgIpc) is 2.67. The molecule has 5 heteroatoms. The van der Waals surface area contributed by atoms with E-state index in [0.29, 0.717) is 25.9 Å². The molecule has 0 radical (unpaired) electrons. The van der Waals surface area contributed by atoms with Crippen molar-refractivity contribution >= 4 is 23.2 Å². The van der Waals surface area contributed by atoms with Crippen molar-refractivity contribution in [3.63, 3.8) is 0 Å². The lowest BCUT2D eigenvalue weighted by Gasteiger charge is -2.21. The largest absolute Gasteiger partial charge is 0.355 e. The smallest absolute Gasteiger partial charge is 0.225 e. The van der Waals surface area contributed by atoms with E-state index in [2.05, 4.69) is 30.5 Å². The number of hydrogen-bond donors (Lipinski definition) is 2. The molecule has 2 amide bonds. The number of nitrogens with one attached hydrogen (secondary N) is 2. The summed E-state index contributed by atoms with van der Waals surface area (Å²) in [5.41, 5.74) is 1.27. The van der Waals surface area contributed by atoms with E-state index < -0.39 is 0 Å². The molecular formula is C13H18N2O2S. The summed E-state index contributed by atoms with van der Waals surface area (Å²) in [6.45, 7) is 5.21. The van der Waals surface area contributed by atoms with Gasteiger partial charge in [0.2, 0.25) is 11.8 Å². The zero-order valence-electron chi connectivity index (χ0n) is 10.7. The SMILES string of the molecule is Cc1cc(CNC(=O)C2CCC(=O)NC2)sc1C. The van der Waals surface area contributed by atoms with Crippen LogP contribution in [0.3, 0.4) is 0 Å². The van der Waals surface area contributed by atoms with Crippen LogP contribution in [0, 0.1) is 19.8 Å². The topological polar surface area (TPSA) is 58.2 Å². The normalized spacial score (nSPS) is 19.4. The van der Waals surface area contributed by atoms with Gasteiger partial charge in [-0.15, -0.1) is 11.3 Å². The second-order valence-corrected chi connectivity index (χ2v) is 6.05. The summed E-state index contributed by atoms with van der Waals surface area (Å²) >= 11 is 1.72. The minimum atomic E-state index is -0.0788. The lowest BCUT2D eigenvalue weighted by atomic mass is 9.98. The van der Waals surface area contributed by atoms with Gasteiger partial charge in [-0.1, -0.05) is 0 Å². The fourth-order valence-corrected chi connectivity index (χ4v) is 3.01. The van der Waals surface area contributed by atoms with Crippen LogP contribution < -0.4 is 10.6 Å². The van der Waals surface area contributed by atoms with E-state index in [0.717, 1.165) is 0 Å². The molecule has 1 unspecified atom stereocenters. The first kappa shape index (κ1) is 13.1. The van der Waals surface area contributed by atoms with E-state index >= 15 is 0 Å². The van der Waals surface area contributed by atoms with Crippen LogP contribution in [0.15, 0.2) is 6.07 Å². The second kappa shape index (κ2) is 5.52. The molecule has 4 nitrogen and oxygen atoms in total. The molecule has 0 aliphatic carbocycles. The Labute approximate surface area is 111 Å². The summed E-state index contributed by atoms with van der Waals surface area (Å²) < 4.78 is 0. The van der Waals surface area contributed by atoms with E-state index in [4.69, 9.17) is 0 Å². The van der Waals surface area contributed by atoms with Crippen molar-refractivity contribution in [2.45, 2.75) is 33.2 Å². The number of hydrogen-bond acceptors (Lipinski definition) is 3. The average molecular weight is 266 g/mol. The predicted molar refractivity (Wildman–Crippen MR) is 71.4 cm³/mol. The number of carbonyl (C=O) groups is 2. The summed E-state index contributed by atoms with van der Waals surface area (Å²) in [6, 6.07) is 2.11. The third-order valence-corrected chi connectivity index (χ3v) is 4.44.